The molecule has 1 N–H and O–H groups in total. The van der Waals surface area contributed by atoms with Crippen molar-refractivity contribution in [3.8, 4) is 0 Å². The number of para-hydroxylation sites is 1. The van der Waals surface area contributed by atoms with Crippen molar-refractivity contribution >= 4 is 17.0 Å². The topological polar surface area (TPSA) is 80.9 Å². The van der Waals surface area contributed by atoms with Crippen molar-refractivity contribution in [1.29, 1.82) is 0 Å². The largest absolute Gasteiger partial charge is 0.478 e. The number of rotatable bonds is 4. The number of carboxylic acid groups (broad SMARTS) is 1. The molecule has 0 bridgehead atoms. The molecule has 0 spiro atoms. The van der Waals surface area contributed by atoms with E-state index >= 15 is 0 Å². The number of benzene rings is 1. The zero-order valence-electron chi connectivity index (χ0n) is 11.5. The van der Waals surface area contributed by atoms with Crippen molar-refractivity contribution in [1.82, 2.24) is 20.0 Å². The Morgan fingerprint density at radius 2 is 2.14 bits per heavy atom. The Morgan fingerprint density at radius 1 is 1.29 bits per heavy atom. The quantitative estimate of drug-likeness (QED) is 0.792. The van der Waals surface area contributed by atoms with Crippen molar-refractivity contribution < 1.29 is 9.90 Å². The van der Waals surface area contributed by atoms with E-state index in [-0.39, 0.29) is 5.56 Å². The second kappa shape index (κ2) is 5.32. The van der Waals surface area contributed by atoms with Crippen LogP contribution in [0.2, 0.25) is 0 Å². The van der Waals surface area contributed by atoms with Crippen molar-refractivity contribution in [3.63, 3.8) is 0 Å². The van der Waals surface area contributed by atoms with Crippen LogP contribution in [0.15, 0.2) is 36.5 Å². The molecular formula is C15H14N4O2. The molecule has 0 aliphatic heterocycles. The molecule has 0 saturated carbocycles. The van der Waals surface area contributed by atoms with Crippen LogP contribution in [0.25, 0.3) is 11.0 Å². The van der Waals surface area contributed by atoms with E-state index < -0.39 is 5.97 Å². The maximum Gasteiger partial charge on any atom is 0.337 e. The number of fused-ring (bicyclic) bond motifs is 1. The standard InChI is InChI=1S/C15H14N4O2/c1-2-10-5-4-8-16-13(10)9-19-14-11(15(20)21)6-3-7-12(14)17-18-19/h3-8H,2,9H2,1H3,(H,20,21). The molecule has 21 heavy (non-hydrogen) atoms. The van der Waals surface area contributed by atoms with Crippen LogP contribution in [0.3, 0.4) is 0 Å². The molecular weight excluding hydrogens is 268 g/mol. The molecule has 0 aliphatic rings. The minimum atomic E-state index is -0.985. The molecule has 106 valence electrons. The van der Waals surface area contributed by atoms with E-state index in [2.05, 4.69) is 22.2 Å². The van der Waals surface area contributed by atoms with Gasteiger partial charge in [-0.25, -0.2) is 9.48 Å². The minimum Gasteiger partial charge on any atom is -0.478 e. The van der Waals surface area contributed by atoms with Gasteiger partial charge in [-0.05, 0) is 30.2 Å². The first-order chi connectivity index (χ1) is 10.2. The molecule has 0 atom stereocenters. The van der Waals surface area contributed by atoms with Crippen molar-refractivity contribution in [3.05, 3.63) is 53.3 Å². The molecule has 0 saturated heterocycles. The van der Waals surface area contributed by atoms with Gasteiger partial charge in [0.15, 0.2) is 0 Å². The Labute approximate surface area is 121 Å². The molecule has 2 aromatic heterocycles. The van der Waals surface area contributed by atoms with Gasteiger partial charge in [-0.1, -0.05) is 24.3 Å². The molecule has 6 heteroatoms. The summed E-state index contributed by atoms with van der Waals surface area (Å²) in [6, 6.07) is 8.89. The number of carboxylic acids is 1. The van der Waals surface area contributed by atoms with Crippen LogP contribution in [0.5, 0.6) is 0 Å². The molecule has 2 heterocycles. The highest BCUT2D eigenvalue weighted by Crippen LogP contribution is 2.18. The third-order valence-electron chi connectivity index (χ3n) is 3.43. The summed E-state index contributed by atoms with van der Waals surface area (Å²) < 4.78 is 1.60. The number of hydrogen-bond acceptors (Lipinski definition) is 4. The van der Waals surface area contributed by atoms with Crippen LogP contribution in [0.1, 0.15) is 28.5 Å². The van der Waals surface area contributed by atoms with Gasteiger partial charge in [-0.2, -0.15) is 0 Å². The van der Waals surface area contributed by atoms with Gasteiger partial charge < -0.3 is 5.11 Å². The third kappa shape index (κ3) is 2.35. The summed E-state index contributed by atoms with van der Waals surface area (Å²) in [5.74, 6) is -0.985. The van der Waals surface area contributed by atoms with Gasteiger partial charge >= 0.3 is 5.97 Å². The number of aromatic nitrogens is 4. The first-order valence-electron chi connectivity index (χ1n) is 6.69. The van der Waals surface area contributed by atoms with Gasteiger partial charge in [0, 0.05) is 6.20 Å². The van der Waals surface area contributed by atoms with Crippen molar-refractivity contribution in [2.45, 2.75) is 19.9 Å². The minimum absolute atomic E-state index is 0.200. The van der Waals surface area contributed by atoms with E-state index in [4.69, 9.17) is 0 Å². The lowest BCUT2D eigenvalue weighted by Crippen LogP contribution is -2.09. The van der Waals surface area contributed by atoms with E-state index in [1.165, 1.54) is 0 Å². The molecule has 0 aliphatic carbocycles. The highest BCUT2D eigenvalue weighted by molar-refractivity contribution is 6.00. The first-order valence-corrected chi connectivity index (χ1v) is 6.69. The molecule has 6 nitrogen and oxygen atoms in total. The number of carbonyl (C=O) groups is 1. The van der Waals surface area contributed by atoms with E-state index in [1.807, 2.05) is 12.1 Å². The highest BCUT2D eigenvalue weighted by atomic mass is 16.4. The summed E-state index contributed by atoms with van der Waals surface area (Å²) in [5.41, 5.74) is 3.30. The normalized spacial score (nSPS) is 10.9. The molecule has 3 aromatic rings. The second-order valence-electron chi connectivity index (χ2n) is 4.69. The predicted octanol–water partition coefficient (Wildman–Crippen LogP) is 2.14. The Balaban J connectivity index is 2.11. The zero-order chi connectivity index (χ0) is 14.8. The summed E-state index contributed by atoms with van der Waals surface area (Å²) in [6.45, 7) is 2.47. The van der Waals surface area contributed by atoms with Crippen molar-refractivity contribution in [2.75, 3.05) is 0 Å². The molecule has 1 aromatic carbocycles. The SMILES string of the molecule is CCc1cccnc1Cn1nnc2cccc(C(=O)O)c21. The van der Waals surface area contributed by atoms with Crippen LogP contribution in [-0.4, -0.2) is 31.1 Å². The first kappa shape index (κ1) is 13.2. The number of pyridine rings is 1. The van der Waals surface area contributed by atoms with Crippen molar-refractivity contribution in [2.24, 2.45) is 0 Å². The van der Waals surface area contributed by atoms with Gasteiger partial charge in [-0.3, -0.25) is 4.98 Å². The molecule has 3 rings (SSSR count). The lowest BCUT2D eigenvalue weighted by atomic mass is 10.1. The maximum atomic E-state index is 11.4. The fourth-order valence-corrected chi connectivity index (χ4v) is 2.39. The fourth-order valence-electron chi connectivity index (χ4n) is 2.39. The Kier molecular flexibility index (Phi) is 3.35. The molecule has 0 unspecified atom stereocenters. The lowest BCUT2D eigenvalue weighted by Gasteiger charge is -2.07. The molecule has 0 fully saturated rings. The number of hydrogen-bond donors (Lipinski definition) is 1. The fraction of sp³-hybridized carbons (Fsp3) is 0.200. The summed E-state index contributed by atoms with van der Waals surface area (Å²) in [5, 5.41) is 17.4. The van der Waals surface area contributed by atoms with E-state index in [9.17, 15) is 9.90 Å². The zero-order valence-corrected chi connectivity index (χ0v) is 11.5. The van der Waals surface area contributed by atoms with Crippen LogP contribution in [0.4, 0.5) is 0 Å². The van der Waals surface area contributed by atoms with E-state index in [0.717, 1.165) is 17.7 Å². The monoisotopic (exact) mass is 282 g/mol. The Bertz CT molecular complexity index is 810. The number of nitrogens with zero attached hydrogens (tertiary/aromatic N) is 4. The summed E-state index contributed by atoms with van der Waals surface area (Å²) in [7, 11) is 0. The van der Waals surface area contributed by atoms with Crippen LogP contribution >= 0.6 is 0 Å². The number of aryl methyl sites for hydroxylation is 1. The molecule has 0 amide bonds. The average molecular weight is 282 g/mol. The summed E-state index contributed by atoms with van der Waals surface area (Å²) >= 11 is 0. The van der Waals surface area contributed by atoms with Crippen LogP contribution in [-0.2, 0) is 13.0 Å². The highest BCUT2D eigenvalue weighted by Gasteiger charge is 2.15. The predicted molar refractivity (Wildman–Crippen MR) is 77.2 cm³/mol. The Hall–Kier alpha value is -2.76. The van der Waals surface area contributed by atoms with Gasteiger partial charge in [0.05, 0.1) is 17.8 Å². The molecule has 0 radical (unpaired) electrons. The van der Waals surface area contributed by atoms with Gasteiger partial charge in [-0.15, -0.1) is 5.10 Å². The smallest absolute Gasteiger partial charge is 0.337 e. The van der Waals surface area contributed by atoms with Gasteiger partial charge in [0.25, 0.3) is 0 Å². The van der Waals surface area contributed by atoms with Crippen LogP contribution < -0.4 is 0 Å². The van der Waals surface area contributed by atoms with Gasteiger partial charge in [0.2, 0.25) is 0 Å². The number of aromatic carboxylic acids is 1. The second-order valence-corrected chi connectivity index (χ2v) is 4.69. The lowest BCUT2D eigenvalue weighted by molar-refractivity contribution is 0.0698. The van der Waals surface area contributed by atoms with E-state index in [1.54, 1.807) is 29.1 Å². The Morgan fingerprint density at radius 3 is 2.90 bits per heavy atom. The summed E-state index contributed by atoms with van der Waals surface area (Å²) in [6.07, 6.45) is 2.59. The maximum absolute atomic E-state index is 11.4. The summed E-state index contributed by atoms with van der Waals surface area (Å²) in [4.78, 5) is 15.7. The van der Waals surface area contributed by atoms with Gasteiger partial charge in [0.1, 0.15) is 11.0 Å². The van der Waals surface area contributed by atoms with Crippen LogP contribution in [0, 0.1) is 0 Å². The average Bonchev–Trinajstić information content (AvgIpc) is 2.91. The third-order valence-corrected chi connectivity index (χ3v) is 3.43. The van der Waals surface area contributed by atoms with E-state index in [0.29, 0.717) is 17.6 Å².